The summed E-state index contributed by atoms with van der Waals surface area (Å²) in [5, 5.41) is 43.1. The van der Waals surface area contributed by atoms with Gasteiger partial charge >= 0.3 is 0 Å². The maximum Gasteiger partial charge on any atom is 0.268 e. The summed E-state index contributed by atoms with van der Waals surface area (Å²) in [5.41, 5.74) is -0.722. The van der Waals surface area contributed by atoms with Crippen molar-refractivity contribution in [2.45, 2.75) is 35.8 Å². The van der Waals surface area contributed by atoms with Crippen molar-refractivity contribution in [1.29, 1.82) is 0 Å². The first-order valence-corrected chi connectivity index (χ1v) is 11.2. The summed E-state index contributed by atoms with van der Waals surface area (Å²) >= 11 is 5.87. The molecule has 1 aliphatic rings. The van der Waals surface area contributed by atoms with Crippen LogP contribution >= 0.6 is 11.6 Å². The summed E-state index contributed by atoms with van der Waals surface area (Å²) in [7, 11) is 0. The fraction of sp³-hybridized carbons (Fsp3) is 0.240. The predicted octanol–water partition coefficient (Wildman–Crippen LogP) is 2.26. The van der Waals surface area contributed by atoms with Gasteiger partial charge in [-0.3, -0.25) is 4.79 Å². The van der Waals surface area contributed by atoms with E-state index in [1.54, 1.807) is 42.5 Å². The Labute approximate surface area is 204 Å². The van der Waals surface area contributed by atoms with Gasteiger partial charge < -0.3 is 39.3 Å². The Morgan fingerprint density at radius 3 is 2.51 bits per heavy atom. The molecule has 2 aromatic heterocycles. The van der Waals surface area contributed by atoms with Gasteiger partial charge in [0.05, 0.1) is 17.4 Å². The molecule has 1 saturated heterocycles. The quantitative estimate of drug-likeness (QED) is 0.201. The number of ketones is 1. The van der Waals surface area contributed by atoms with Crippen molar-refractivity contribution < 1.29 is 39.1 Å². The van der Waals surface area contributed by atoms with E-state index in [0.29, 0.717) is 10.9 Å². The number of benzene rings is 2. The third-order valence-electron chi connectivity index (χ3n) is 6.08. The average molecular weight is 500 g/mol. The second kappa shape index (κ2) is 9.12. The SMILES string of the molecule is O=C(c1ccco1)c1ccccc1O[C@]1(c2c[nH]c3ccccc23)O[C@H](C(O)Cl)[C@H](O)[C@H](O)[C@H]1O. The Hall–Kier alpha value is -3.18. The number of aromatic amines is 1. The summed E-state index contributed by atoms with van der Waals surface area (Å²) in [6, 6.07) is 16.4. The lowest BCUT2D eigenvalue weighted by molar-refractivity contribution is -0.348. The van der Waals surface area contributed by atoms with Gasteiger partial charge in [-0.1, -0.05) is 41.9 Å². The maximum atomic E-state index is 13.1. The van der Waals surface area contributed by atoms with Crippen LogP contribution in [0.1, 0.15) is 21.7 Å². The molecule has 10 heteroatoms. The summed E-state index contributed by atoms with van der Waals surface area (Å²) in [5.74, 6) is -2.60. The number of para-hydroxylation sites is 2. The van der Waals surface area contributed by atoms with Crippen LogP contribution in [0, 0.1) is 0 Å². The van der Waals surface area contributed by atoms with Crippen LogP contribution < -0.4 is 4.74 Å². The molecule has 182 valence electrons. The molecule has 3 heterocycles. The van der Waals surface area contributed by atoms with Crippen LogP contribution in [0.2, 0.25) is 0 Å². The van der Waals surface area contributed by atoms with E-state index in [1.165, 1.54) is 30.7 Å². The van der Waals surface area contributed by atoms with E-state index in [-0.39, 0.29) is 22.6 Å². The van der Waals surface area contributed by atoms with Crippen molar-refractivity contribution in [2.24, 2.45) is 0 Å². The minimum atomic E-state index is -2.18. The lowest BCUT2D eigenvalue weighted by Crippen LogP contribution is -2.66. The van der Waals surface area contributed by atoms with Gasteiger partial charge in [0.25, 0.3) is 5.79 Å². The number of carbonyl (C=O) groups excluding carboxylic acids is 1. The first-order chi connectivity index (χ1) is 16.8. The van der Waals surface area contributed by atoms with Crippen LogP contribution in [-0.4, -0.2) is 61.2 Å². The number of furan rings is 1. The van der Waals surface area contributed by atoms with Crippen LogP contribution in [0.25, 0.3) is 10.9 Å². The highest BCUT2D eigenvalue weighted by Gasteiger charge is 2.59. The maximum absolute atomic E-state index is 13.1. The van der Waals surface area contributed by atoms with Crippen molar-refractivity contribution in [2.75, 3.05) is 0 Å². The molecule has 0 aliphatic carbocycles. The minimum Gasteiger partial charge on any atom is -0.461 e. The molecule has 0 amide bonds. The fourth-order valence-electron chi connectivity index (χ4n) is 4.34. The van der Waals surface area contributed by atoms with Crippen molar-refractivity contribution in [3.8, 4) is 5.75 Å². The van der Waals surface area contributed by atoms with E-state index in [2.05, 4.69) is 4.98 Å². The molecule has 1 unspecified atom stereocenters. The summed E-state index contributed by atoms with van der Waals surface area (Å²) in [4.78, 5) is 16.2. The molecule has 9 nitrogen and oxygen atoms in total. The van der Waals surface area contributed by atoms with Gasteiger partial charge in [0.2, 0.25) is 5.78 Å². The molecular weight excluding hydrogens is 478 g/mol. The van der Waals surface area contributed by atoms with E-state index in [9.17, 15) is 25.2 Å². The zero-order valence-corrected chi connectivity index (χ0v) is 18.9. The standard InChI is InChI=1S/C25H22ClNO8/c26-24(32)22-20(29)21(30)23(31)25(35-22,15-12-27-16-8-3-1-6-13(15)16)34-17-9-4-2-7-14(17)19(28)18-10-5-11-33-18/h1-12,20-24,27,29-32H/t20-,21+,22+,23-,24?,25-/m1/s1. The monoisotopic (exact) mass is 499 g/mol. The van der Waals surface area contributed by atoms with Crippen molar-refractivity contribution in [3.63, 3.8) is 0 Å². The van der Waals surface area contributed by atoms with Crippen LogP contribution in [0.3, 0.4) is 0 Å². The second-order valence-electron chi connectivity index (χ2n) is 8.20. The first-order valence-electron chi connectivity index (χ1n) is 10.8. The third kappa shape index (κ3) is 3.92. The number of nitrogens with one attached hydrogen (secondary N) is 1. The number of alkyl halides is 1. The lowest BCUT2D eigenvalue weighted by atomic mass is 9.87. The molecule has 0 radical (unpaired) electrons. The average Bonchev–Trinajstić information content (AvgIpc) is 3.55. The van der Waals surface area contributed by atoms with E-state index in [0.717, 1.165) is 0 Å². The number of rotatable bonds is 6. The van der Waals surface area contributed by atoms with Crippen LogP contribution in [0.4, 0.5) is 0 Å². The highest BCUT2D eigenvalue weighted by Crippen LogP contribution is 2.44. The van der Waals surface area contributed by atoms with Crippen molar-refractivity contribution >= 4 is 28.3 Å². The zero-order chi connectivity index (χ0) is 24.7. The molecular formula is C25H22ClNO8. The second-order valence-corrected chi connectivity index (χ2v) is 8.65. The highest BCUT2D eigenvalue weighted by molar-refractivity contribution is 6.19. The van der Waals surface area contributed by atoms with Gasteiger partial charge in [-0.05, 0) is 30.3 Å². The molecule has 1 aliphatic heterocycles. The molecule has 35 heavy (non-hydrogen) atoms. The van der Waals surface area contributed by atoms with E-state index >= 15 is 0 Å². The van der Waals surface area contributed by atoms with Gasteiger partial charge in [0.15, 0.2) is 17.4 Å². The fourth-order valence-corrected chi connectivity index (χ4v) is 4.54. The number of hydrogen-bond donors (Lipinski definition) is 5. The Balaban J connectivity index is 1.69. The number of hydrogen-bond acceptors (Lipinski definition) is 8. The molecule has 0 saturated carbocycles. The molecule has 2 aromatic carbocycles. The molecule has 0 bridgehead atoms. The lowest BCUT2D eigenvalue weighted by Gasteiger charge is -2.48. The molecule has 5 N–H and O–H groups in total. The molecule has 6 atom stereocenters. The first kappa shape index (κ1) is 23.6. The number of halogens is 1. The van der Waals surface area contributed by atoms with Crippen LogP contribution in [-0.2, 0) is 10.5 Å². The smallest absolute Gasteiger partial charge is 0.268 e. The van der Waals surface area contributed by atoms with Crippen LogP contribution in [0.15, 0.2) is 77.5 Å². The predicted molar refractivity (Wildman–Crippen MR) is 124 cm³/mol. The minimum absolute atomic E-state index is 0.00429. The molecule has 5 rings (SSSR count). The third-order valence-corrected chi connectivity index (χ3v) is 6.33. The Kier molecular flexibility index (Phi) is 6.14. The van der Waals surface area contributed by atoms with E-state index < -0.39 is 41.5 Å². The number of H-pyrrole nitrogens is 1. The number of aromatic nitrogens is 1. The normalized spacial score (nSPS) is 27.6. The number of carbonyl (C=O) groups is 1. The van der Waals surface area contributed by atoms with Gasteiger partial charge in [-0.2, -0.15) is 0 Å². The summed E-state index contributed by atoms with van der Waals surface area (Å²) in [6.07, 6.45) is -4.05. The Morgan fingerprint density at radius 2 is 1.77 bits per heavy atom. The molecule has 0 spiro atoms. The summed E-state index contributed by atoms with van der Waals surface area (Å²) in [6.45, 7) is 0. The van der Waals surface area contributed by atoms with E-state index in [1.807, 2.05) is 0 Å². The van der Waals surface area contributed by atoms with E-state index in [4.69, 9.17) is 25.5 Å². The van der Waals surface area contributed by atoms with Gasteiger partial charge in [-0.25, -0.2) is 0 Å². The van der Waals surface area contributed by atoms with Gasteiger partial charge in [0.1, 0.15) is 24.1 Å². The number of aliphatic hydroxyl groups is 4. The van der Waals surface area contributed by atoms with Gasteiger partial charge in [-0.15, -0.1) is 0 Å². The Bertz CT molecular complexity index is 1340. The largest absolute Gasteiger partial charge is 0.461 e. The number of ether oxygens (including phenoxy) is 2. The molecule has 4 aromatic rings. The van der Waals surface area contributed by atoms with Crippen LogP contribution in [0.5, 0.6) is 5.75 Å². The molecule has 1 fully saturated rings. The van der Waals surface area contributed by atoms with Crippen molar-refractivity contribution in [3.05, 3.63) is 90.0 Å². The number of fused-ring (bicyclic) bond motifs is 1. The summed E-state index contributed by atoms with van der Waals surface area (Å²) < 4.78 is 17.5. The number of aliphatic hydroxyl groups excluding tert-OH is 4. The van der Waals surface area contributed by atoms with Crippen molar-refractivity contribution in [1.82, 2.24) is 4.98 Å². The van der Waals surface area contributed by atoms with Gasteiger partial charge in [0, 0.05) is 17.1 Å². The Morgan fingerprint density at radius 1 is 1.03 bits per heavy atom. The highest BCUT2D eigenvalue weighted by atomic mass is 35.5. The topological polar surface area (TPSA) is 145 Å². The zero-order valence-electron chi connectivity index (χ0n) is 18.1.